The molecule has 1 atom stereocenters. The average Bonchev–Trinajstić information content (AvgIpc) is 2.45. The molecule has 0 aromatic heterocycles. The third-order valence-corrected chi connectivity index (χ3v) is 2.56. The third-order valence-electron chi connectivity index (χ3n) is 2.56. The molecule has 1 fully saturated rings. The van der Waals surface area contributed by atoms with Gasteiger partial charge in [-0.2, -0.15) is 8.78 Å². The number of amides is 2. The summed E-state index contributed by atoms with van der Waals surface area (Å²) in [6, 6.07) is -1.70. The predicted molar refractivity (Wildman–Crippen MR) is 72.3 cm³/mol. The number of hydrogen-bond donors (Lipinski definition) is 0. The first-order valence-corrected chi connectivity index (χ1v) is 6.81. The van der Waals surface area contributed by atoms with Crippen molar-refractivity contribution < 1.29 is 32.6 Å². The number of hydrogen-bond acceptors (Lipinski definition) is 5. The zero-order chi connectivity index (χ0) is 17.5. The van der Waals surface area contributed by atoms with Crippen LogP contribution in [0.5, 0.6) is 0 Å². The fourth-order valence-corrected chi connectivity index (χ4v) is 1.82. The van der Waals surface area contributed by atoms with Gasteiger partial charge in [0.15, 0.2) is 0 Å². The Morgan fingerprint density at radius 2 is 1.55 bits per heavy atom. The summed E-state index contributed by atoms with van der Waals surface area (Å²) in [5, 5.41) is 0. The van der Waals surface area contributed by atoms with Crippen LogP contribution in [-0.2, 0) is 19.1 Å². The van der Waals surface area contributed by atoms with Gasteiger partial charge in [0, 0.05) is 0 Å². The second-order valence-corrected chi connectivity index (χ2v) is 7.11. The molecule has 1 aliphatic heterocycles. The van der Waals surface area contributed by atoms with Gasteiger partial charge in [0.2, 0.25) is 0 Å². The summed E-state index contributed by atoms with van der Waals surface area (Å²) in [6.07, 6.45) is -2.40. The van der Waals surface area contributed by atoms with Crippen molar-refractivity contribution >= 4 is 18.0 Å². The Labute approximate surface area is 127 Å². The lowest BCUT2D eigenvalue weighted by Crippen LogP contribution is -2.48. The maximum absolute atomic E-state index is 13.6. The molecule has 0 radical (unpaired) electrons. The molecule has 1 aliphatic rings. The smallest absolute Gasteiger partial charge is 0.418 e. The van der Waals surface area contributed by atoms with Crippen LogP contribution < -0.4 is 0 Å². The molecule has 0 aromatic rings. The Hall–Kier alpha value is -1.73. The van der Waals surface area contributed by atoms with Crippen molar-refractivity contribution in [3.63, 3.8) is 0 Å². The summed E-state index contributed by atoms with van der Waals surface area (Å²) < 4.78 is 37.2. The van der Waals surface area contributed by atoms with E-state index in [2.05, 4.69) is 0 Å². The van der Waals surface area contributed by atoms with Crippen molar-refractivity contribution in [2.75, 3.05) is 0 Å². The maximum atomic E-state index is 13.6. The number of imide groups is 1. The number of carbonyl (C=O) groups is 3. The lowest BCUT2D eigenvalue weighted by Gasteiger charge is -2.28. The third kappa shape index (κ3) is 4.38. The number of halogens is 2. The summed E-state index contributed by atoms with van der Waals surface area (Å²) in [4.78, 5) is 35.9. The number of ether oxygens (including phenoxy) is 2. The molecule has 0 bridgehead atoms. The monoisotopic (exact) mass is 321 g/mol. The summed E-state index contributed by atoms with van der Waals surface area (Å²) in [5.41, 5.74) is -1.93. The van der Waals surface area contributed by atoms with E-state index in [1.165, 1.54) is 20.8 Å². The second kappa shape index (κ2) is 5.48. The number of likely N-dealkylation sites (tertiary alicyclic amines) is 1. The summed E-state index contributed by atoms with van der Waals surface area (Å²) >= 11 is 0. The van der Waals surface area contributed by atoms with Crippen molar-refractivity contribution in [1.29, 1.82) is 0 Å². The van der Waals surface area contributed by atoms with E-state index in [9.17, 15) is 23.2 Å². The van der Waals surface area contributed by atoms with Crippen molar-refractivity contribution in [3.05, 3.63) is 0 Å². The van der Waals surface area contributed by atoms with Gasteiger partial charge in [-0.05, 0) is 41.5 Å². The molecule has 8 heteroatoms. The van der Waals surface area contributed by atoms with Gasteiger partial charge in [0.1, 0.15) is 17.2 Å². The van der Waals surface area contributed by atoms with E-state index in [0.717, 1.165) is 0 Å². The molecule has 6 nitrogen and oxygen atoms in total. The van der Waals surface area contributed by atoms with E-state index < -0.39 is 47.6 Å². The number of carbonyl (C=O) groups excluding carboxylic acids is 3. The first-order chi connectivity index (χ1) is 9.64. The first kappa shape index (κ1) is 18.3. The molecule has 2 amide bonds. The number of rotatable bonds is 1. The molecule has 0 aromatic carbocycles. The predicted octanol–water partition coefficient (Wildman–Crippen LogP) is 2.50. The van der Waals surface area contributed by atoms with Crippen LogP contribution in [0, 0.1) is 0 Å². The van der Waals surface area contributed by atoms with Gasteiger partial charge < -0.3 is 9.47 Å². The minimum absolute atomic E-state index is 0.152. The zero-order valence-electron chi connectivity index (χ0n) is 13.5. The molecule has 1 heterocycles. The van der Waals surface area contributed by atoms with E-state index in [4.69, 9.17) is 9.47 Å². The van der Waals surface area contributed by atoms with Gasteiger partial charge in [-0.3, -0.25) is 4.79 Å². The van der Waals surface area contributed by atoms with E-state index in [1.807, 2.05) is 0 Å². The van der Waals surface area contributed by atoms with E-state index >= 15 is 0 Å². The van der Waals surface area contributed by atoms with Crippen LogP contribution in [0.25, 0.3) is 0 Å². The highest BCUT2D eigenvalue weighted by Crippen LogP contribution is 2.35. The van der Waals surface area contributed by atoms with E-state index in [-0.39, 0.29) is 4.90 Å². The van der Waals surface area contributed by atoms with Crippen LogP contribution in [0.4, 0.5) is 13.6 Å². The molecule has 1 saturated heterocycles. The fraction of sp³-hybridized carbons (Fsp3) is 0.786. The van der Waals surface area contributed by atoms with Gasteiger partial charge in [-0.25, -0.2) is 14.5 Å². The quantitative estimate of drug-likeness (QED) is 0.694. The standard InChI is InChI=1S/C14H21F2NO5/c1-12(2,3)21-9(18)8-7-14(15,16)10(19)17(8)11(20)22-13(4,5)6/h8H,7H2,1-6H3/t8-/m0/s1. The van der Waals surface area contributed by atoms with Crippen LogP contribution in [0.15, 0.2) is 0 Å². The largest absolute Gasteiger partial charge is 0.458 e. The van der Waals surface area contributed by atoms with Gasteiger partial charge in [-0.15, -0.1) is 0 Å². The summed E-state index contributed by atoms with van der Waals surface area (Å²) in [5.74, 6) is -6.63. The lowest BCUT2D eigenvalue weighted by molar-refractivity contribution is -0.161. The summed E-state index contributed by atoms with van der Waals surface area (Å²) in [7, 11) is 0. The zero-order valence-corrected chi connectivity index (χ0v) is 13.5. The molecular formula is C14H21F2NO5. The van der Waals surface area contributed by atoms with Crippen LogP contribution in [0.2, 0.25) is 0 Å². The minimum atomic E-state index is -3.81. The van der Waals surface area contributed by atoms with Crippen molar-refractivity contribution in [2.24, 2.45) is 0 Å². The molecule has 0 saturated carbocycles. The first-order valence-electron chi connectivity index (χ1n) is 6.81. The second-order valence-electron chi connectivity index (χ2n) is 7.11. The minimum Gasteiger partial charge on any atom is -0.458 e. The van der Waals surface area contributed by atoms with Gasteiger partial charge in [0.05, 0.1) is 6.42 Å². The van der Waals surface area contributed by atoms with Crippen molar-refractivity contribution in [1.82, 2.24) is 4.90 Å². The summed E-state index contributed by atoms with van der Waals surface area (Å²) in [6.45, 7) is 9.22. The molecule has 0 aliphatic carbocycles. The topological polar surface area (TPSA) is 72.9 Å². The Bertz CT molecular complexity index is 490. The van der Waals surface area contributed by atoms with Crippen LogP contribution in [0.3, 0.4) is 0 Å². The Morgan fingerprint density at radius 1 is 1.09 bits per heavy atom. The number of esters is 1. The fourth-order valence-electron chi connectivity index (χ4n) is 1.82. The molecule has 126 valence electrons. The highest BCUT2D eigenvalue weighted by atomic mass is 19.3. The highest BCUT2D eigenvalue weighted by Gasteiger charge is 2.60. The molecule has 22 heavy (non-hydrogen) atoms. The SMILES string of the molecule is CC(C)(C)OC(=O)[C@@H]1CC(F)(F)C(=O)N1C(=O)OC(C)(C)C. The molecule has 0 unspecified atom stereocenters. The van der Waals surface area contributed by atoms with E-state index in [0.29, 0.717) is 0 Å². The highest BCUT2D eigenvalue weighted by molar-refractivity contribution is 6.03. The van der Waals surface area contributed by atoms with Gasteiger partial charge in [-0.1, -0.05) is 0 Å². The number of nitrogens with zero attached hydrogens (tertiary/aromatic N) is 1. The van der Waals surface area contributed by atoms with Crippen molar-refractivity contribution in [3.8, 4) is 0 Å². The number of alkyl halides is 2. The molecule has 0 spiro atoms. The van der Waals surface area contributed by atoms with Crippen LogP contribution in [0.1, 0.15) is 48.0 Å². The Morgan fingerprint density at radius 3 is 1.95 bits per heavy atom. The Kier molecular flexibility index (Phi) is 4.56. The lowest BCUT2D eigenvalue weighted by atomic mass is 10.1. The van der Waals surface area contributed by atoms with Crippen LogP contribution >= 0.6 is 0 Å². The van der Waals surface area contributed by atoms with Gasteiger partial charge in [0.25, 0.3) is 0 Å². The van der Waals surface area contributed by atoms with Crippen molar-refractivity contribution in [2.45, 2.75) is 71.1 Å². The maximum Gasteiger partial charge on any atom is 0.418 e. The molecule has 1 rings (SSSR count). The molecule has 0 N–H and O–H groups in total. The normalized spacial score (nSPS) is 21.7. The van der Waals surface area contributed by atoms with Crippen LogP contribution in [-0.4, -0.2) is 46.0 Å². The average molecular weight is 321 g/mol. The Balaban J connectivity index is 3.05. The molecular weight excluding hydrogens is 300 g/mol. The van der Waals surface area contributed by atoms with Gasteiger partial charge >= 0.3 is 23.9 Å². The van der Waals surface area contributed by atoms with E-state index in [1.54, 1.807) is 20.8 Å².